The number of amides is 1. The summed E-state index contributed by atoms with van der Waals surface area (Å²) in [4.78, 5) is 17.7. The Balaban J connectivity index is 1.70. The number of likely N-dealkylation sites (tertiary alicyclic amines) is 1. The van der Waals surface area contributed by atoms with Crippen molar-refractivity contribution in [3.05, 3.63) is 42.0 Å². The molecule has 1 aliphatic rings. The summed E-state index contributed by atoms with van der Waals surface area (Å²) in [5, 5.41) is 7.74. The Kier molecular flexibility index (Phi) is 6.04. The van der Waals surface area contributed by atoms with Crippen LogP contribution in [-0.2, 0) is 0 Å². The van der Waals surface area contributed by atoms with Gasteiger partial charge >= 0.3 is 0 Å². The number of aryl methyl sites for hydroxylation is 1. The predicted octanol–water partition coefficient (Wildman–Crippen LogP) is 2.77. The van der Waals surface area contributed by atoms with Crippen molar-refractivity contribution in [2.75, 3.05) is 32.7 Å². The van der Waals surface area contributed by atoms with Gasteiger partial charge in [-0.25, -0.2) is 0 Å². The predicted molar refractivity (Wildman–Crippen MR) is 103 cm³/mol. The van der Waals surface area contributed by atoms with E-state index >= 15 is 0 Å². The molecule has 0 spiro atoms. The van der Waals surface area contributed by atoms with Crippen molar-refractivity contribution in [3.63, 3.8) is 0 Å². The van der Waals surface area contributed by atoms with E-state index in [2.05, 4.69) is 28.9 Å². The summed E-state index contributed by atoms with van der Waals surface area (Å²) in [6.07, 6.45) is 5.43. The summed E-state index contributed by atoms with van der Waals surface area (Å²) in [5.74, 6) is 0.799. The molecule has 0 unspecified atom stereocenters. The Labute approximate surface area is 155 Å². The third-order valence-corrected chi connectivity index (χ3v) is 5.39. The zero-order valence-electron chi connectivity index (χ0n) is 16.1. The lowest BCUT2D eigenvalue weighted by Crippen LogP contribution is -2.41. The van der Waals surface area contributed by atoms with Crippen molar-refractivity contribution in [1.29, 1.82) is 0 Å². The van der Waals surface area contributed by atoms with Gasteiger partial charge in [-0.3, -0.25) is 9.36 Å². The summed E-state index contributed by atoms with van der Waals surface area (Å²) in [6, 6.07) is 5.96. The van der Waals surface area contributed by atoms with Crippen LogP contribution in [0.5, 0.6) is 0 Å². The number of carbonyl (C=O) groups is 1. The van der Waals surface area contributed by atoms with E-state index in [9.17, 15) is 4.79 Å². The first-order valence-electron chi connectivity index (χ1n) is 9.59. The van der Waals surface area contributed by atoms with Crippen LogP contribution in [0.2, 0.25) is 0 Å². The lowest BCUT2D eigenvalue weighted by Gasteiger charge is -2.34. The maximum Gasteiger partial charge on any atom is 0.255 e. The average molecular weight is 355 g/mol. The highest BCUT2D eigenvalue weighted by Crippen LogP contribution is 2.23. The summed E-state index contributed by atoms with van der Waals surface area (Å²) in [7, 11) is 0. The molecule has 0 atom stereocenters. The van der Waals surface area contributed by atoms with Crippen LogP contribution in [0.4, 0.5) is 0 Å². The quantitative estimate of drug-likeness (QED) is 0.799. The first-order chi connectivity index (χ1) is 12.6. The molecule has 1 aliphatic heterocycles. The average Bonchev–Trinajstić information content (AvgIpc) is 3.20. The third kappa shape index (κ3) is 4.12. The first-order valence-corrected chi connectivity index (χ1v) is 9.59. The van der Waals surface area contributed by atoms with Crippen LogP contribution in [0.15, 0.2) is 30.9 Å². The number of rotatable bonds is 6. The number of carbonyl (C=O) groups excluding carboxylic acids is 1. The molecule has 3 rings (SSSR count). The van der Waals surface area contributed by atoms with E-state index in [1.165, 1.54) is 0 Å². The standard InChI is InChI=1S/C20H29N5O/c1-4-23(5-2)13-17-8-10-24(11-9-17)20(26)18-12-16(3)6-7-19(18)25-14-21-22-15-25/h6-7,12,14-15,17H,4-5,8-11,13H2,1-3H3. The van der Waals surface area contributed by atoms with Gasteiger partial charge in [-0.15, -0.1) is 10.2 Å². The molecule has 2 heterocycles. The summed E-state index contributed by atoms with van der Waals surface area (Å²) < 4.78 is 1.81. The fraction of sp³-hybridized carbons (Fsp3) is 0.550. The molecule has 2 aromatic rings. The molecule has 0 aliphatic carbocycles. The maximum atomic E-state index is 13.2. The van der Waals surface area contributed by atoms with Crippen molar-refractivity contribution in [1.82, 2.24) is 24.6 Å². The number of nitrogens with zero attached hydrogens (tertiary/aromatic N) is 5. The van der Waals surface area contributed by atoms with Gasteiger partial charge in [0.2, 0.25) is 0 Å². The minimum Gasteiger partial charge on any atom is -0.339 e. The van der Waals surface area contributed by atoms with E-state index in [0.29, 0.717) is 5.92 Å². The number of hydrogen-bond donors (Lipinski definition) is 0. The molecule has 1 amide bonds. The van der Waals surface area contributed by atoms with Crippen LogP contribution >= 0.6 is 0 Å². The fourth-order valence-corrected chi connectivity index (χ4v) is 3.71. The Bertz CT molecular complexity index is 716. The van der Waals surface area contributed by atoms with Crippen molar-refractivity contribution >= 4 is 5.91 Å². The number of piperidine rings is 1. The minimum atomic E-state index is 0.110. The van der Waals surface area contributed by atoms with Crippen molar-refractivity contribution in [2.24, 2.45) is 5.92 Å². The van der Waals surface area contributed by atoms with Crippen LogP contribution in [0.1, 0.15) is 42.6 Å². The van der Waals surface area contributed by atoms with Crippen LogP contribution in [0.25, 0.3) is 5.69 Å². The van der Waals surface area contributed by atoms with Gasteiger partial charge in [0.1, 0.15) is 12.7 Å². The normalized spacial score (nSPS) is 15.6. The van der Waals surface area contributed by atoms with Gasteiger partial charge in [0, 0.05) is 19.6 Å². The Morgan fingerprint density at radius 2 is 1.81 bits per heavy atom. The van der Waals surface area contributed by atoms with Crippen LogP contribution < -0.4 is 0 Å². The van der Waals surface area contributed by atoms with Gasteiger partial charge in [0.05, 0.1) is 11.3 Å². The monoisotopic (exact) mass is 355 g/mol. The molecule has 140 valence electrons. The lowest BCUT2D eigenvalue weighted by atomic mass is 9.95. The summed E-state index contributed by atoms with van der Waals surface area (Å²) in [6.45, 7) is 11.5. The fourth-order valence-electron chi connectivity index (χ4n) is 3.71. The van der Waals surface area contributed by atoms with Gasteiger partial charge in [-0.1, -0.05) is 25.5 Å². The SMILES string of the molecule is CCN(CC)CC1CCN(C(=O)c2cc(C)ccc2-n2cnnc2)CC1. The van der Waals surface area contributed by atoms with E-state index in [0.717, 1.165) is 62.4 Å². The summed E-state index contributed by atoms with van der Waals surface area (Å²) >= 11 is 0. The van der Waals surface area contributed by atoms with Gasteiger partial charge in [-0.05, 0) is 50.9 Å². The molecule has 6 nitrogen and oxygen atoms in total. The second kappa shape index (κ2) is 8.45. The Hall–Kier alpha value is -2.21. The molecular formula is C20H29N5O. The molecule has 0 N–H and O–H groups in total. The van der Waals surface area contributed by atoms with Gasteiger partial charge < -0.3 is 9.80 Å². The number of aromatic nitrogens is 3. The van der Waals surface area contributed by atoms with Gasteiger partial charge in [0.15, 0.2) is 0 Å². The van der Waals surface area contributed by atoms with Crippen molar-refractivity contribution in [3.8, 4) is 5.69 Å². The molecule has 6 heteroatoms. The zero-order chi connectivity index (χ0) is 18.5. The molecule has 26 heavy (non-hydrogen) atoms. The first kappa shape index (κ1) is 18.6. The largest absolute Gasteiger partial charge is 0.339 e. The highest BCUT2D eigenvalue weighted by Gasteiger charge is 2.26. The smallest absolute Gasteiger partial charge is 0.255 e. The Morgan fingerprint density at radius 3 is 2.42 bits per heavy atom. The van der Waals surface area contributed by atoms with E-state index in [1.807, 2.05) is 30.0 Å². The van der Waals surface area contributed by atoms with Crippen molar-refractivity contribution < 1.29 is 4.79 Å². The van der Waals surface area contributed by atoms with E-state index in [4.69, 9.17) is 0 Å². The minimum absolute atomic E-state index is 0.110. The van der Waals surface area contributed by atoms with Crippen molar-refractivity contribution in [2.45, 2.75) is 33.6 Å². The lowest BCUT2D eigenvalue weighted by molar-refractivity contribution is 0.0669. The topological polar surface area (TPSA) is 54.3 Å². The molecule has 0 radical (unpaired) electrons. The van der Waals surface area contributed by atoms with Gasteiger partial charge in [-0.2, -0.15) is 0 Å². The zero-order valence-corrected chi connectivity index (χ0v) is 16.1. The number of hydrogen-bond acceptors (Lipinski definition) is 4. The Morgan fingerprint density at radius 1 is 1.15 bits per heavy atom. The summed E-state index contributed by atoms with van der Waals surface area (Å²) in [5.41, 5.74) is 2.66. The molecule has 0 bridgehead atoms. The van der Waals surface area contributed by atoms with Crippen LogP contribution in [0.3, 0.4) is 0 Å². The maximum absolute atomic E-state index is 13.2. The highest BCUT2D eigenvalue weighted by atomic mass is 16.2. The van der Waals surface area contributed by atoms with Crippen LogP contribution in [-0.4, -0.2) is 63.2 Å². The molecule has 1 aromatic carbocycles. The second-order valence-corrected chi connectivity index (χ2v) is 7.11. The van der Waals surface area contributed by atoms with E-state index < -0.39 is 0 Å². The number of benzene rings is 1. The second-order valence-electron chi connectivity index (χ2n) is 7.11. The molecule has 0 saturated carbocycles. The van der Waals surface area contributed by atoms with Gasteiger partial charge in [0.25, 0.3) is 5.91 Å². The molecule has 1 fully saturated rings. The molecule has 1 aromatic heterocycles. The van der Waals surface area contributed by atoms with Crippen LogP contribution in [0, 0.1) is 12.8 Å². The molecular weight excluding hydrogens is 326 g/mol. The van der Waals surface area contributed by atoms with E-state index in [-0.39, 0.29) is 5.91 Å². The highest BCUT2D eigenvalue weighted by molar-refractivity contribution is 5.98. The van der Waals surface area contributed by atoms with E-state index in [1.54, 1.807) is 17.2 Å². The third-order valence-electron chi connectivity index (χ3n) is 5.39. The molecule has 1 saturated heterocycles.